The molecule has 3 unspecified atom stereocenters. The SMILES string of the molecule is Cc1nc(N2C(=O)C3=C(C(=O)C4CCCCC4O3)C2c2ccc(Cl)c(Cl)c2)sc1C. The van der Waals surface area contributed by atoms with Crippen LogP contribution in [-0.2, 0) is 14.3 Å². The molecule has 8 heteroatoms. The summed E-state index contributed by atoms with van der Waals surface area (Å²) in [7, 11) is 0. The fourth-order valence-corrected chi connectivity index (χ4v) is 5.84. The fourth-order valence-electron chi connectivity index (χ4n) is 4.60. The van der Waals surface area contributed by atoms with E-state index in [0.717, 1.165) is 41.8 Å². The average Bonchev–Trinajstić information content (AvgIpc) is 3.21. The van der Waals surface area contributed by atoms with Gasteiger partial charge in [-0.25, -0.2) is 4.98 Å². The lowest BCUT2D eigenvalue weighted by Crippen LogP contribution is -2.39. The Morgan fingerprint density at radius 3 is 2.60 bits per heavy atom. The molecule has 1 fully saturated rings. The molecule has 1 aromatic carbocycles. The second-order valence-corrected chi connectivity index (χ2v) is 10.0. The summed E-state index contributed by atoms with van der Waals surface area (Å²) in [5.41, 5.74) is 2.01. The van der Waals surface area contributed by atoms with Crippen LogP contribution in [0.15, 0.2) is 29.5 Å². The van der Waals surface area contributed by atoms with E-state index in [0.29, 0.717) is 20.7 Å². The summed E-state index contributed by atoms with van der Waals surface area (Å²) < 4.78 is 6.18. The van der Waals surface area contributed by atoms with Crippen molar-refractivity contribution in [3.8, 4) is 0 Å². The van der Waals surface area contributed by atoms with Crippen molar-refractivity contribution in [2.45, 2.75) is 51.7 Å². The third-order valence-corrected chi connectivity index (χ3v) is 8.06. The summed E-state index contributed by atoms with van der Waals surface area (Å²) >= 11 is 13.9. The van der Waals surface area contributed by atoms with Crippen molar-refractivity contribution in [2.75, 3.05) is 4.90 Å². The van der Waals surface area contributed by atoms with Gasteiger partial charge in [-0.3, -0.25) is 14.5 Å². The second kappa shape index (κ2) is 7.36. The van der Waals surface area contributed by atoms with Gasteiger partial charge in [0, 0.05) is 4.88 Å². The Morgan fingerprint density at radius 2 is 1.90 bits per heavy atom. The zero-order valence-electron chi connectivity index (χ0n) is 16.6. The molecule has 2 aromatic rings. The summed E-state index contributed by atoms with van der Waals surface area (Å²) in [4.78, 5) is 34.3. The number of carbonyl (C=O) groups is 2. The minimum Gasteiger partial charge on any atom is -0.483 e. The predicted molar refractivity (Wildman–Crippen MR) is 117 cm³/mol. The van der Waals surface area contributed by atoms with Gasteiger partial charge >= 0.3 is 0 Å². The molecule has 0 bridgehead atoms. The number of ketones is 1. The van der Waals surface area contributed by atoms with Crippen molar-refractivity contribution in [3.63, 3.8) is 0 Å². The number of Topliss-reactive ketones (excluding diaryl/α,β-unsaturated/α-hetero) is 1. The molecule has 1 saturated carbocycles. The first-order chi connectivity index (χ1) is 14.4. The molecule has 156 valence electrons. The van der Waals surface area contributed by atoms with Crippen molar-refractivity contribution >= 4 is 51.4 Å². The number of anilines is 1. The van der Waals surface area contributed by atoms with Crippen molar-refractivity contribution in [1.82, 2.24) is 4.98 Å². The Morgan fingerprint density at radius 1 is 1.13 bits per heavy atom. The fraction of sp³-hybridized carbons (Fsp3) is 0.409. The van der Waals surface area contributed by atoms with Crippen molar-refractivity contribution in [3.05, 3.63) is 55.7 Å². The van der Waals surface area contributed by atoms with Crippen LogP contribution in [0.5, 0.6) is 0 Å². The van der Waals surface area contributed by atoms with Gasteiger partial charge in [-0.15, -0.1) is 11.3 Å². The lowest BCUT2D eigenvalue weighted by molar-refractivity contribution is -0.131. The van der Waals surface area contributed by atoms with E-state index >= 15 is 0 Å². The van der Waals surface area contributed by atoms with Crippen LogP contribution in [0.1, 0.15) is 47.9 Å². The topological polar surface area (TPSA) is 59.5 Å². The van der Waals surface area contributed by atoms with Crippen LogP contribution < -0.4 is 4.90 Å². The Balaban J connectivity index is 1.68. The normalized spacial score (nSPS) is 26.0. The molecule has 0 N–H and O–H groups in total. The second-order valence-electron chi connectivity index (χ2n) is 8.04. The number of hydrogen-bond acceptors (Lipinski definition) is 5. The monoisotopic (exact) mass is 462 g/mol. The standard InChI is InChI=1S/C22H20Cl2N2O3S/c1-10-11(2)30-22(25-10)26-18(12-7-8-14(23)15(24)9-12)17-19(27)13-5-3-4-6-16(13)29-20(17)21(26)28/h7-9,13,16,18H,3-6H2,1-2H3. The lowest BCUT2D eigenvalue weighted by Gasteiger charge is -2.35. The van der Waals surface area contributed by atoms with Gasteiger partial charge in [0.15, 0.2) is 16.7 Å². The smallest absolute Gasteiger partial charge is 0.296 e. The highest BCUT2D eigenvalue weighted by Gasteiger charge is 2.53. The zero-order chi connectivity index (χ0) is 21.2. The summed E-state index contributed by atoms with van der Waals surface area (Å²) in [6, 6.07) is 4.60. The van der Waals surface area contributed by atoms with E-state index in [-0.39, 0.29) is 29.5 Å². The molecule has 5 nitrogen and oxygen atoms in total. The Hall–Kier alpha value is -1.89. The molecule has 3 atom stereocenters. The molecule has 0 saturated heterocycles. The Bertz CT molecular complexity index is 1090. The van der Waals surface area contributed by atoms with Crippen LogP contribution in [0.3, 0.4) is 0 Å². The van der Waals surface area contributed by atoms with Gasteiger partial charge in [0.25, 0.3) is 5.91 Å². The maximum absolute atomic E-state index is 13.6. The van der Waals surface area contributed by atoms with Crippen LogP contribution in [0, 0.1) is 19.8 Å². The van der Waals surface area contributed by atoms with Crippen LogP contribution in [0.2, 0.25) is 10.0 Å². The van der Waals surface area contributed by atoms with Crippen LogP contribution >= 0.6 is 34.5 Å². The molecule has 30 heavy (non-hydrogen) atoms. The molecule has 3 aliphatic rings. The maximum Gasteiger partial charge on any atom is 0.296 e. The molecular formula is C22H20Cl2N2O3S. The van der Waals surface area contributed by atoms with Gasteiger partial charge in [-0.1, -0.05) is 35.7 Å². The highest BCUT2D eigenvalue weighted by Crippen LogP contribution is 2.49. The number of amides is 1. The number of halogens is 2. The zero-order valence-corrected chi connectivity index (χ0v) is 18.9. The first kappa shape index (κ1) is 20.0. The molecule has 0 spiro atoms. The van der Waals surface area contributed by atoms with Gasteiger partial charge in [-0.05, 0) is 50.8 Å². The third kappa shape index (κ3) is 3.00. The predicted octanol–water partition coefficient (Wildman–Crippen LogP) is 5.57. The summed E-state index contributed by atoms with van der Waals surface area (Å²) in [6.45, 7) is 3.88. The maximum atomic E-state index is 13.6. The molecule has 1 amide bonds. The third-order valence-electron chi connectivity index (χ3n) is 6.25. The largest absolute Gasteiger partial charge is 0.483 e. The van der Waals surface area contributed by atoms with E-state index < -0.39 is 6.04 Å². The van der Waals surface area contributed by atoms with E-state index in [1.807, 2.05) is 19.9 Å². The quantitative estimate of drug-likeness (QED) is 0.585. The molecule has 1 aromatic heterocycles. The number of hydrogen-bond donors (Lipinski definition) is 0. The minimum absolute atomic E-state index is 0.0119. The van der Waals surface area contributed by atoms with E-state index in [4.69, 9.17) is 27.9 Å². The summed E-state index contributed by atoms with van der Waals surface area (Å²) in [6.07, 6.45) is 3.38. The number of carbonyl (C=O) groups excluding carboxylic acids is 2. The molecular weight excluding hydrogens is 443 g/mol. The van der Waals surface area contributed by atoms with E-state index in [1.54, 1.807) is 17.0 Å². The number of rotatable bonds is 2. The first-order valence-electron chi connectivity index (χ1n) is 10.0. The first-order valence-corrected chi connectivity index (χ1v) is 11.6. The highest BCUT2D eigenvalue weighted by atomic mass is 35.5. The average molecular weight is 463 g/mol. The minimum atomic E-state index is -0.623. The lowest BCUT2D eigenvalue weighted by atomic mass is 9.77. The van der Waals surface area contributed by atoms with E-state index in [9.17, 15) is 9.59 Å². The van der Waals surface area contributed by atoms with Crippen LogP contribution in [-0.4, -0.2) is 22.8 Å². The number of benzene rings is 1. The number of fused-ring (bicyclic) bond motifs is 1. The molecule has 5 rings (SSSR count). The Labute approximate surface area is 188 Å². The van der Waals surface area contributed by atoms with Crippen molar-refractivity contribution in [2.24, 2.45) is 5.92 Å². The number of nitrogens with zero attached hydrogens (tertiary/aromatic N) is 2. The summed E-state index contributed by atoms with van der Waals surface area (Å²) in [5.74, 6) is -0.329. The van der Waals surface area contributed by atoms with Crippen LogP contribution in [0.4, 0.5) is 5.13 Å². The van der Waals surface area contributed by atoms with Gasteiger partial charge in [0.2, 0.25) is 0 Å². The number of thiazole rings is 1. The van der Waals surface area contributed by atoms with Gasteiger partial charge in [0.05, 0.1) is 33.3 Å². The van der Waals surface area contributed by atoms with Crippen LogP contribution in [0.25, 0.3) is 0 Å². The molecule has 0 radical (unpaired) electrons. The van der Waals surface area contributed by atoms with Crippen molar-refractivity contribution < 1.29 is 14.3 Å². The van der Waals surface area contributed by atoms with E-state index in [1.165, 1.54) is 11.3 Å². The number of aromatic nitrogens is 1. The van der Waals surface area contributed by atoms with Gasteiger partial charge in [0.1, 0.15) is 6.10 Å². The summed E-state index contributed by atoms with van der Waals surface area (Å²) in [5, 5.41) is 1.35. The molecule has 2 aliphatic heterocycles. The van der Waals surface area contributed by atoms with Crippen molar-refractivity contribution in [1.29, 1.82) is 0 Å². The van der Waals surface area contributed by atoms with E-state index in [2.05, 4.69) is 4.98 Å². The van der Waals surface area contributed by atoms with Gasteiger partial charge in [-0.2, -0.15) is 0 Å². The molecule has 1 aliphatic carbocycles. The highest BCUT2D eigenvalue weighted by molar-refractivity contribution is 7.15. The molecule has 3 heterocycles. The van der Waals surface area contributed by atoms with Gasteiger partial charge < -0.3 is 4.74 Å². The number of ether oxygens (including phenoxy) is 1. The number of aryl methyl sites for hydroxylation is 2. The Kier molecular flexibility index (Phi) is 4.92.